The molecule has 1 aromatic rings. The number of hydrogen-bond acceptors (Lipinski definition) is 7. The molecule has 1 aliphatic rings. The van der Waals surface area contributed by atoms with Crippen molar-refractivity contribution in [1.29, 1.82) is 0 Å². The van der Waals surface area contributed by atoms with Crippen molar-refractivity contribution in [3.05, 3.63) is 34.4 Å². The van der Waals surface area contributed by atoms with E-state index in [1.165, 1.54) is 18.2 Å². The largest absolute Gasteiger partial charge is 0.355 e. The predicted molar refractivity (Wildman–Crippen MR) is 91.9 cm³/mol. The van der Waals surface area contributed by atoms with Crippen LogP contribution in [0.5, 0.6) is 0 Å². The molecular formula is C15H18N4O7S. The first-order valence-corrected chi connectivity index (χ1v) is 9.53. The Morgan fingerprint density at radius 3 is 2.48 bits per heavy atom. The van der Waals surface area contributed by atoms with Crippen LogP contribution in [0, 0.1) is 10.1 Å². The van der Waals surface area contributed by atoms with E-state index >= 15 is 0 Å². The third kappa shape index (κ3) is 5.56. The Bertz CT molecular complexity index is 853. The van der Waals surface area contributed by atoms with E-state index in [0.29, 0.717) is 0 Å². The van der Waals surface area contributed by atoms with Crippen molar-refractivity contribution in [1.82, 2.24) is 14.9 Å². The number of hydrogen-bond donors (Lipinski definition) is 2. The van der Waals surface area contributed by atoms with Crippen LogP contribution in [0.1, 0.15) is 19.3 Å². The van der Waals surface area contributed by atoms with E-state index in [1.807, 2.05) is 0 Å². The fraction of sp³-hybridized carbons (Fsp3) is 0.400. The summed E-state index contributed by atoms with van der Waals surface area (Å²) in [7, 11) is -3.96. The van der Waals surface area contributed by atoms with Crippen molar-refractivity contribution in [3.8, 4) is 0 Å². The Kier molecular flexibility index (Phi) is 6.58. The summed E-state index contributed by atoms with van der Waals surface area (Å²) < 4.78 is 26.4. The summed E-state index contributed by atoms with van der Waals surface area (Å²) in [6, 6.07) is 4.59. The lowest BCUT2D eigenvalue weighted by Crippen LogP contribution is -2.37. The molecule has 1 aliphatic heterocycles. The first kappa shape index (κ1) is 20.5. The molecule has 0 radical (unpaired) electrons. The first-order valence-electron chi connectivity index (χ1n) is 8.05. The molecule has 0 bridgehead atoms. The molecule has 2 N–H and O–H groups in total. The van der Waals surface area contributed by atoms with Crippen molar-refractivity contribution in [2.45, 2.75) is 24.2 Å². The zero-order chi connectivity index (χ0) is 20.0. The number of amides is 3. The van der Waals surface area contributed by atoms with Crippen molar-refractivity contribution in [3.63, 3.8) is 0 Å². The maximum Gasteiger partial charge on any atom is 0.270 e. The number of nitro groups is 1. The molecule has 1 aromatic carbocycles. The van der Waals surface area contributed by atoms with Crippen LogP contribution in [0.15, 0.2) is 29.2 Å². The molecule has 1 heterocycles. The van der Waals surface area contributed by atoms with Crippen LogP contribution in [-0.2, 0) is 24.4 Å². The molecule has 3 amide bonds. The van der Waals surface area contributed by atoms with Gasteiger partial charge in [-0.15, -0.1) is 0 Å². The number of nitro benzene ring substituents is 1. The SMILES string of the molecule is O=C(CCN1C(=O)CCC1=O)NCCNS(=O)(=O)c1cccc([N+](=O)[O-])c1. The molecule has 1 fully saturated rings. The minimum absolute atomic E-state index is 0.0110. The summed E-state index contributed by atoms with van der Waals surface area (Å²) in [5.74, 6) is -1.05. The number of nitrogens with zero attached hydrogens (tertiary/aromatic N) is 2. The van der Waals surface area contributed by atoms with Crippen molar-refractivity contribution in [2.75, 3.05) is 19.6 Å². The van der Waals surface area contributed by atoms with Crippen LogP contribution in [0.3, 0.4) is 0 Å². The quantitative estimate of drug-likeness (QED) is 0.246. The van der Waals surface area contributed by atoms with E-state index in [-0.39, 0.29) is 61.3 Å². The van der Waals surface area contributed by atoms with Gasteiger partial charge in [0.2, 0.25) is 27.7 Å². The predicted octanol–water partition coefficient (Wildman–Crippen LogP) is -0.472. The second-order valence-corrected chi connectivity index (χ2v) is 7.46. The highest BCUT2D eigenvalue weighted by Gasteiger charge is 2.28. The number of benzene rings is 1. The number of nitrogens with one attached hydrogen (secondary N) is 2. The van der Waals surface area contributed by atoms with Gasteiger partial charge in [-0.3, -0.25) is 29.4 Å². The molecule has 0 unspecified atom stereocenters. The molecule has 12 heteroatoms. The molecule has 2 rings (SSSR count). The van der Waals surface area contributed by atoms with Gasteiger partial charge in [-0.05, 0) is 6.07 Å². The normalized spacial score (nSPS) is 14.4. The molecule has 0 aliphatic carbocycles. The van der Waals surface area contributed by atoms with E-state index in [4.69, 9.17) is 0 Å². The second-order valence-electron chi connectivity index (χ2n) is 5.69. The number of carbonyl (C=O) groups is 3. The van der Waals surface area contributed by atoms with Crippen LogP contribution in [0.25, 0.3) is 0 Å². The molecule has 0 saturated carbocycles. The topological polar surface area (TPSA) is 156 Å². The molecule has 0 atom stereocenters. The summed E-state index contributed by atoms with van der Waals surface area (Å²) in [5.41, 5.74) is -0.350. The summed E-state index contributed by atoms with van der Waals surface area (Å²) >= 11 is 0. The van der Waals surface area contributed by atoms with Gasteiger partial charge in [0, 0.05) is 51.0 Å². The van der Waals surface area contributed by atoms with Gasteiger partial charge in [-0.1, -0.05) is 6.07 Å². The number of non-ortho nitro benzene ring substituents is 1. The minimum Gasteiger partial charge on any atom is -0.355 e. The maximum atomic E-state index is 12.1. The van der Waals surface area contributed by atoms with E-state index in [1.54, 1.807) is 0 Å². The number of likely N-dealkylation sites (tertiary alicyclic amines) is 1. The molecule has 1 saturated heterocycles. The van der Waals surface area contributed by atoms with Gasteiger partial charge >= 0.3 is 0 Å². The maximum absolute atomic E-state index is 12.1. The molecular weight excluding hydrogens is 380 g/mol. The third-order valence-corrected chi connectivity index (χ3v) is 5.25. The smallest absolute Gasteiger partial charge is 0.270 e. The third-order valence-electron chi connectivity index (χ3n) is 3.80. The lowest BCUT2D eigenvalue weighted by molar-refractivity contribution is -0.385. The standard InChI is InChI=1S/C15H18N4O7S/c20-13(6-9-18-14(21)4-5-15(18)22)16-7-8-17-27(25,26)12-3-1-2-11(10-12)19(23)24/h1-3,10,17H,4-9H2,(H,16,20). The minimum atomic E-state index is -3.96. The summed E-state index contributed by atoms with van der Waals surface area (Å²) in [6.45, 7) is -0.157. The Labute approximate surface area is 154 Å². The highest BCUT2D eigenvalue weighted by Crippen LogP contribution is 2.16. The van der Waals surface area contributed by atoms with Crippen LogP contribution in [-0.4, -0.2) is 55.6 Å². The van der Waals surface area contributed by atoms with E-state index in [9.17, 15) is 32.9 Å². The molecule has 11 nitrogen and oxygen atoms in total. The molecule has 27 heavy (non-hydrogen) atoms. The number of carbonyl (C=O) groups excluding carboxylic acids is 3. The van der Waals surface area contributed by atoms with E-state index in [0.717, 1.165) is 11.0 Å². The Morgan fingerprint density at radius 1 is 1.19 bits per heavy atom. The average Bonchev–Trinajstić information content (AvgIpc) is 2.95. The Hall–Kier alpha value is -2.86. The zero-order valence-corrected chi connectivity index (χ0v) is 15.0. The lowest BCUT2D eigenvalue weighted by atomic mass is 10.3. The fourth-order valence-corrected chi connectivity index (χ4v) is 3.48. The number of rotatable bonds is 9. The first-order chi connectivity index (χ1) is 12.7. The summed E-state index contributed by atoms with van der Waals surface area (Å²) in [6.07, 6.45) is 0.231. The van der Waals surface area contributed by atoms with Gasteiger partial charge in [0.05, 0.1) is 9.82 Å². The van der Waals surface area contributed by atoms with Crippen LogP contribution >= 0.6 is 0 Å². The highest BCUT2D eigenvalue weighted by atomic mass is 32.2. The molecule has 146 valence electrons. The van der Waals surface area contributed by atoms with Gasteiger partial charge in [0.25, 0.3) is 5.69 Å². The number of imide groups is 1. The monoisotopic (exact) mass is 398 g/mol. The van der Waals surface area contributed by atoms with Crippen LogP contribution < -0.4 is 10.0 Å². The van der Waals surface area contributed by atoms with Gasteiger partial charge in [0.1, 0.15) is 0 Å². The van der Waals surface area contributed by atoms with Crippen molar-refractivity contribution >= 4 is 33.4 Å². The van der Waals surface area contributed by atoms with Gasteiger partial charge in [0.15, 0.2) is 0 Å². The van der Waals surface area contributed by atoms with Gasteiger partial charge in [-0.2, -0.15) is 0 Å². The Balaban J connectivity index is 1.76. The van der Waals surface area contributed by atoms with Crippen LogP contribution in [0.2, 0.25) is 0 Å². The van der Waals surface area contributed by atoms with E-state index < -0.39 is 20.9 Å². The second kappa shape index (κ2) is 8.68. The van der Waals surface area contributed by atoms with Gasteiger partial charge in [-0.25, -0.2) is 13.1 Å². The van der Waals surface area contributed by atoms with Gasteiger partial charge < -0.3 is 5.32 Å². The fourth-order valence-electron chi connectivity index (χ4n) is 2.41. The lowest BCUT2D eigenvalue weighted by Gasteiger charge is -2.13. The van der Waals surface area contributed by atoms with Crippen molar-refractivity contribution < 1.29 is 27.7 Å². The summed E-state index contributed by atoms with van der Waals surface area (Å²) in [4.78, 5) is 45.3. The van der Waals surface area contributed by atoms with E-state index in [2.05, 4.69) is 10.0 Å². The molecule has 0 aromatic heterocycles. The Morgan fingerprint density at radius 2 is 1.85 bits per heavy atom. The highest BCUT2D eigenvalue weighted by molar-refractivity contribution is 7.89. The number of sulfonamides is 1. The molecule has 0 spiro atoms. The average molecular weight is 398 g/mol. The summed E-state index contributed by atoms with van der Waals surface area (Å²) in [5, 5.41) is 13.2. The van der Waals surface area contributed by atoms with Crippen LogP contribution in [0.4, 0.5) is 5.69 Å². The van der Waals surface area contributed by atoms with Crippen molar-refractivity contribution in [2.24, 2.45) is 0 Å². The zero-order valence-electron chi connectivity index (χ0n) is 14.2.